The normalized spacial score (nSPS) is 10.2. The first-order valence-electron chi connectivity index (χ1n) is 4.84. The van der Waals surface area contributed by atoms with E-state index in [2.05, 4.69) is 20.4 Å². The van der Waals surface area contributed by atoms with Crippen LogP contribution in [0.5, 0.6) is 0 Å². The number of hydrogen-bond donors (Lipinski definition) is 1. The van der Waals surface area contributed by atoms with Crippen molar-refractivity contribution in [2.24, 2.45) is 0 Å². The summed E-state index contributed by atoms with van der Waals surface area (Å²) in [5.74, 6) is 0.524. The Kier molecular flexibility index (Phi) is 3.34. The van der Waals surface area contributed by atoms with Gasteiger partial charge in [-0.25, -0.2) is 0 Å². The molecule has 0 radical (unpaired) electrons. The fourth-order valence-electron chi connectivity index (χ4n) is 1.19. The van der Waals surface area contributed by atoms with E-state index in [0.717, 1.165) is 0 Å². The molecule has 0 atom stereocenters. The third kappa shape index (κ3) is 3.01. The number of nitrogens with zero attached hydrogens (tertiary/aromatic N) is 3. The molecule has 6 nitrogen and oxygen atoms in total. The third-order valence-electron chi connectivity index (χ3n) is 1.92. The summed E-state index contributed by atoms with van der Waals surface area (Å²) in [6.07, 6.45) is 1.47. The molecule has 2 heterocycles. The predicted molar refractivity (Wildman–Crippen MR) is 59.5 cm³/mol. The van der Waals surface area contributed by atoms with Crippen molar-refractivity contribution in [2.75, 3.05) is 0 Å². The first kappa shape index (κ1) is 11.5. The molecule has 0 spiro atoms. The number of carbonyl (C=O) groups is 1. The molecule has 0 aliphatic carbocycles. The Morgan fingerprint density at radius 2 is 2.41 bits per heavy atom. The lowest BCUT2D eigenvalue weighted by molar-refractivity contribution is 0.0941. The first-order valence-corrected chi connectivity index (χ1v) is 5.22. The van der Waals surface area contributed by atoms with Crippen LogP contribution in [-0.2, 0) is 6.54 Å². The maximum absolute atomic E-state index is 11.7. The molecule has 0 aromatic carbocycles. The number of nitrogens with one attached hydrogen (secondary N) is 1. The summed E-state index contributed by atoms with van der Waals surface area (Å²) in [5.41, 5.74) is 0.244. The van der Waals surface area contributed by atoms with Gasteiger partial charge in [-0.1, -0.05) is 16.8 Å². The molecule has 2 rings (SSSR count). The molecule has 7 heteroatoms. The highest BCUT2D eigenvalue weighted by molar-refractivity contribution is 6.30. The highest BCUT2D eigenvalue weighted by Crippen LogP contribution is 2.07. The predicted octanol–water partition coefficient (Wildman–Crippen LogP) is 1.36. The topological polar surface area (TPSA) is 80.9 Å². The van der Waals surface area contributed by atoms with Crippen molar-refractivity contribution < 1.29 is 9.32 Å². The minimum atomic E-state index is -0.344. The molecule has 0 fully saturated rings. The second kappa shape index (κ2) is 4.92. The number of hydrogen-bond acceptors (Lipinski definition) is 5. The number of carbonyl (C=O) groups excluding carboxylic acids is 1. The second-order valence-corrected chi connectivity index (χ2v) is 3.71. The van der Waals surface area contributed by atoms with Crippen LogP contribution in [0.25, 0.3) is 0 Å². The highest BCUT2D eigenvalue weighted by Gasteiger charge is 2.09. The molecular formula is C10H9ClN4O2. The van der Waals surface area contributed by atoms with Gasteiger partial charge < -0.3 is 9.84 Å². The lowest BCUT2D eigenvalue weighted by atomic mass is 10.3. The van der Waals surface area contributed by atoms with Gasteiger partial charge in [0.15, 0.2) is 5.82 Å². The zero-order chi connectivity index (χ0) is 12.3. The summed E-state index contributed by atoms with van der Waals surface area (Å²) in [6.45, 7) is 1.86. The van der Waals surface area contributed by atoms with Gasteiger partial charge in [-0.15, -0.1) is 0 Å². The van der Waals surface area contributed by atoms with E-state index in [9.17, 15) is 4.79 Å². The summed E-state index contributed by atoms with van der Waals surface area (Å²) in [6, 6.07) is 3.08. The quantitative estimate of drug-likeness (QED) is 0.892. The largest absolute Gasteiger partial charge is 0.342 e. The Hall–Kier alpha value is -1.95. The molecule has 0 unspecified atom stereocenters. The Morgan fingerprint density at radius 1 is 1.59 bits per heavy atom. The molecule has 0 saturated heterocycles. The summed E-state index contributed by atoms with van der Waals surface area (Å²) < 4.78 is 4.85. The van der Waals surface area contributed by atoms with Crippen LogP contribution in [0.15, 0.2) is 22.9 Å². The molecule has 2 aromatic rings. The van der Waals surface area contributed by atoms with Crippen LogP contribution >= 0.6 is 11.6 Å². The third-order valence-corrected chi connectivity index (χ3v) is 2.16. The smallest absolute Gasteiger partial charge is 0.270 e. The van der Waals surface area contributed by atoms with Crippen molar-refractivity contribution in [2.45, 2.75) is 13.5 Å². The Labute approximate surface area is 102 Å². The Bertz CT molecular complexity index is 541. The minimum Gasteiger partial charge on any atom is -0.342 e. The van der Waals surface area contributed by atoms with Crippen LogP contribution in [0.2, 0.25) is 5.02 Å². The zero-order valence-corrected chi connectivity index (χ0v) is 9.73. The zero-order valence-electron chi connectivity index (χ0n) is 8.98. The SMILES string of the molecule is Cc1noc(CNC(=O)c2cc(Cl)ccn2)n1. The number of aromatic nitrogens is 3. The Balaban J connectivity index is 1.98. The number of pyridine rings is 1. The van der Waals surface area contributed by atoms with Crippen LogP contribution in [0.4, 0.5) is 0 Å². The maximum Gasteiger partial charge on any atom is 0.270 e. The standard InChI is InChI=1S/C10H9ClN4O2/c1-6-14-9(17-15-6)5-13-10(16)8-4-7(11)2-3-12-8/h2-4H,5H2,1H3,(H,13,16). The molecule has 0 aliphatic rings. The average molecular weight is 253 g/mol. The van der Waals surface area contributed by atoms with Gasteiger partial charge in [0.2, 0.25) is 5.89 Å². The van der Waals surface area contributed by atoms with E-state index in [4.69, 9.17) is 16.1 Å². The van der Waals surface area contributed by atoms with E-state index in [1.54, 1.807) is 13.0 Å². The number of aryl methyl sites for hydroxylation is 1. The van der Waals surface area contributed by atoms with Gasteiger partial charge in [-0.2, -0.15) is 4.98 Å². The molecule has 0 bridgehead atoms. The molecule has 1 N–H and O–H groups in total. The lowest BCUT2D eigenvalue weighted by Crippen LogP contribution is -2.23. The Morgan fingerprint density at radius 3 is 3.06 bits per heavy atom. The second-order valence-electron chi connectivity index (χ2n) is 3.28. The highest BCUT2D eigenvalue weighted by atomic mass is 35.5. The van der Waals surface area contributed by atoms with E-state index in [-0.39, 0.29) is 18.1 Å². The molecule has 0 saturated carbocycles. The molecule has 88 valence electrons. The monoisotopic (exact) mass is 252 g/mol. The minimum absolute atomic E-state index is 0.161. The molecule has 0 aliphatic heterocycles. The van der Waals surface area contributed by atoms with E-state index in [0.29, 0.717) is 16.7 Å². The van der Waals surface area contributed by atoms with Crippen LogP contribution in [-0.4, -0.2) is 21.0 Å². The molecule has 1 amide bonds. The maximum atomic E-state index is 11.7. The van der Waals surface area contributed by atoms with Crippen molar-refractivity contribution in [1.82, 2.24) is 20.4 Å². The fraction of sp³-hybridized carbons (Fsp3) is 0.200. The summed E-state index contributed by atoms with van der Waals surface area (Å²) >= 11 is 5.75. The number of amides is 1. The van der Waals surface area contributed by atoms with Crippen molar-refractivity contribution >= 4 is 17.5 Å². The van der Waals surface area contributed by atoms with Gasteiger partial charge in [0.25, 0.3) is 5.91 Å². The van der Waals surface area contributed by atoms with Crippen LogP contribution in [0, 0.1) is 6.92 Å². The van der Waals surface area contributed by atoms with Gasteiger partial charge in [-0.05, 0) is 19.1 Å². The van der Waals surface area contributed by atoms with Gasteiger partial charge in [0, 0.05) is 11.2 Å². The van der Waals surface area contributed by atoms with Gasteiger partial charge in [-0.3, -0.25) is 9.78 Å². The summed E-state index contributed by atoms with van der Waals surface area (Å²) in [4.78, 5) is 19.5. The van der Waals surface area contributed by atoms with E-state index < -0.39 is 0 Å². The van der Waals surface area contributed by atoms with Crippen molar-refractivity contribution in [3.63, 3.8) is 0 Å². The van der Waals surface area contributed by atoms with Crippen molar-refractivity contribution in [1.29, 1.82) is 0 Å². The molecule has 2 aromatic heterocycles. The van der Waals surface area contributed by atoms with Gasteiger partial charge >= 0.3 is 0 Å². The van der Waals surface area contributed by atoms with Crippen molar-refractivity contribution in [3.8, 4) is 0 Å². The van der Waals surface area contributed by atoms with Gasteiger partial charge in [0.1, 0.15) is 5.69 Å². The molecular weight excluding hydrogens is 244 g/mol. The summed E-state index contributed by atoms with van der Waals surface area (Å²) in [5, 5.41) is 6.66. The first-order chi connectivity index (χ1) is 8.15. The van der Waals surface area contributed by atoms with Crippen LogP contribution < -0.4 is 5.32 Å². The molecule has 17 heavy (non-hydrogen) atoms. The fourth-order valence-corrected chi connectivity index (χ4v) is 1.35. The lowest BCUT2D eigenvalue weighted by Gasteiger charge is -2.01. The average Bonchev–Trinajstić information content (AvgIpc) is 2.72. The van der Waals surface area contributed by atoms with Gasteiger partial charge in [0.05, 0.1) is 6.54 Å². The summed E-state index contributed by atoms with van der Waals surface area (Å²) in [7, 11) is 0. The number of halogens is 1. The van der Waals surface area contributed by atoms with E-state index in [1.807, 2.05) is 0 Å². The van der Waals surface area contributed by atoms with E-state index >= 15 is 0 Å². The van der Waals surface area contributed by atoms with Crippen LogP contribution in [0.1, 0.15) is 22.2 Å². The van der Waals surface area contributed by atoms with Crippen molar-refractivity contribution in [3.05, 3.63) is 40.8 Å². The van der Waals surface area contributed by atoms with E-state index in [1.165, 1.54) is 12.3 Å². The van der Waals surface area contributed by atoms with Crippen LogP contribution in [0.3, 0.4) is 0 Å². The number of rotatable bonds is 3.